The number of carbonyl (C=O) groups excluding carboxylic acids is 1. The van der Waals surface area contributed by atoms with Crippen molar-refractivity contribution in [3.8, 4) is 0 Å². The number of carbonyl (C=O) groups is 1. The van der Waals surface area contributed by atoms with Crippen LogP contribution in [0.15, 0.2) is 18.3 Å². The van der Waals surface area contributed by atoms with E-state index >= 15 is 0 Å². The van der Waals surface area contributed by atoms with Gasteiger partial charge < -0.3 is 10.2 Å². The number of nitrogens with zero attached hydrogens (tertiary/aromatic N) is 2. The van der Waals surface area contributed by atoms with Gasteiger partial charge in [0, 0.05) is 31.0 Å². The van der Waals surface area contributed by atoms with Crippen molar-refractivity contribution in [2.45, 2.75) is 51.5 Å². The number of hydrogen-bond donors (Lipinski definition) is 1. The molecule has 2 unspecified atom stereocenters. The second-order valence-electron chi connectivity index (χ2n) is 6.21. The molecule has 4 nitrogen and oxygen atoms in total. The van der Waals surface area contributed by atoms with Crippen molar-refractivity contribution in [3.63, 3.8) is 0 Å². The van der Waals surface area contributed by atoms with Crippen molar-refractivity contribution >= 4 is 11.6 Å². The summed E-state index contributed by atoms with van der Waals surface area (Å²) in [6.07, 6.45) is 9.21. The van der Waals surface area contributed by atoms with Crippen LogP contribution in [-0.4, -0.2) is 34.9 Å². The van der Waals surface area contributed by atoms with Crippen LogP contribution in [0.25, 0.3) is 0 Å². The van der Waals surface area contributed by atoms with Crippen molar-refractivity contribution in [2.75, 3.05) is 18.4 Å². The number of likely N-dealkylation sites (tertiary alicyclic amines) is 1. The smallest absolute Gasteiger partial charge is 0.272 e. The van der Waals surface area contributed by atoms with Crippen LogP contribution in [0.1, 0.15) is 55.9 Å². The van der Waals surface area contributed by atoms with E-state index < -0.39 is 0 Å². The third kappa shape index (κ3) is 3.04. The van der Waals surface area contributed by atoms with Crippen LogP contribution >= 0.6 is 0 Å². The van der Waals surface area contributed by atoms with Gasteiger partial charge in [0.2, 0.25) is 0 Å². The molecule has 0 spiro atoms. The molecule has 3 rings (SSSR count). The van der Waals surface area contributed by atoms with Crippen molar-refractivity contribution < 1.29 is 4.79 Å². The molecule has 1 aromatic heterocycles. The maximum atomic E-state index is 12.8. The zero-order valence-corrected chi connectivity index (χ0v) is 12.8. The first-order valence-electron chi connectivity index (χ1n) is 8.30. The van der Waals surface area contributed by atoms with E-state index in [0.717, 1.165) is 25.2 Å². The number of piperidine rings is 1. The van der Waals surface area contributed by atoms with Gasteiger partial charge in [-0.1, -0.05) is 12.8 Å². The van der Waals surface area contributed by atoms with Crippen molar-refractivity contribution in [1.29, 1.82) is 0 Å². The monoisotopic (exact) mass is 287 g/mol. The van der Waals surface area contributed by atoms with Gasteiger partial charge >= 0.3 is 0 Å². The number of fused-ring (bicyclic) bond motifs is 1. The third-order valence-electron chi connectivity index (χ3n) is 4.86. The first-order valence-corrected chi connectivity index (χ1v) is 8.30. The molecule has 0 bridgehead atoms. The molecule has 1 saturated carbocycles. The van der Waals surface area contributed by atoms with E-state index in [4.69, 9.17) is 0 Å². The summed E-state index contributed by atoms with van der Waals surface area (Å²) in [5.74, 6) is 0.833. The lowest BCUT2D eigenvalue weighted by atomic mass is 9.78. The fourth-order valence-corrected chi connectivity index (χ4v) is 3.89. The molecular formula is C17H25N3O. The number of pyridine rings is 1. The van der Waals surface area contributed by atoms with E-state index in [1.807, 2.05) is 12.1 Å². The summed E-state index contributed by atoms with van der Waals surface area (Å²) in [6, 6.07) is 4.25. The quantitative estimate of drug-likeness (QED) is 0.927. The Morgan fingerprint density at radius 3 is 3.00 bits per heavy atom. The van der Waals surface area contributed by atoms with Gasteiger partial charge in [0.1, 0.15) is 5.69 Å². The molecule has 1 aliphatic heterocycles. The van der Waals surface area contributed by atoms with Crippen LogP contribution in [0, 0.1) is 5.92 Å². The molecule has 1 saturated heterocycles. The largest absolute Gasteiger partial charge is 0.385 e. The van der Waals surface area contributed by atoms with Gasteiger partial charge in [-0.05, 0) is 50.7 Å². The Hall–Kier alpha value is -1.58. The minimum atomic E-state index is 0.117. The Labute approximate surface area is 126 Å². The van der Waals surface area contributed by atoms with Crippen LogP contribution in [0.2, 0.25) is 0 Å². The average Bonchev–Trinajstić information content (AvgIpc) is 2.54. The summed E-state index contributed by atoms with van der Waals surface area (Å²) >= 11 is 0. The lowest BCUT2D eigenvalue weighted by Crippen LogP contribution is -2.49. The second-order valence-corrected chi connectivity index (χ2v) is 6.21. The Morgan fingerprint density at radius 1 is 1.33 bits per heavy atom. The molecule has 114 valence electrons. The molecule has 21 heavy (non-hydrogen) atoms. The van der Waals surface area contributed by atoms with E-state index in [2.05, 4.69) is 22.1 Å². The minimum absolute atomic E-state index is 0.117. The predicted molar refractivity (Wildman–Crippen MR) is 84.4 cm³/mol. The molecule has 2 heterocycles. The third-order valence-corrected chi connectivity index (χ3v) is 4.86. The molecule has 2 fully saturated rings. The number of nitrogens with one attached hydrogen (secondary N) is 1. The molecule has 4 heteroatoms. The number of amides is 1. The number of rotatable bonds is 3. The van der Waals surface area contributed by atoms with E-state index in [9.17, 15) is 4.79 Å². The maximum absolute atomic E-state index is 12.8. The molecule has 1 aliphatic carbocycles. The zero-order valence-electron chi connectivity index (χ0n) is 12.8. The summed E-state index contributed by atoms with van der Waals surface area (Å²) in [6.45, 7) is 3.80. The van der Waals surface area contributed by atoms with Gasteiger partial charge in [0.15, 0.2) is 0 Å². The molecule has 1 aromatic rings. The van der Waals surface area contributed by atoms with Gasteiger partial charge in [-0.3, -0.25) is 9.78 Å². The lowest BCUT2D eigenvalue weighted by molar-refractivity contribution is 0.0385. The molecule has 0 aromatic carbocycles. The summed E-state index contributed by atoms with van der Waals surface area (Å²) in [4.78, 5) is 19.3. The Bertz CT molecular complexity index is 501. The van der Waals surface area contributed by atoms with E-state index in [1.165, 1.54) is 32.1 Å². The normalized spacial score (nSPS) is 25.3. The van der Waals surface area contributed by atoms with Crippen LogP contribution in [0.3, 0.4) is 0 Å². The number of aromatic nitrogens is 1. The standard InChI is InChI=1S/C17H25N3O/c1-2-18-14-9-10-19-15(12-14)17(21)20-11-5-7-13-6-3-4-8-16(13)20/h9-10,12-13,16H,2-8,11H2,1H3,(H,18,19). The summed E-state index contributed by atoms with van der Waals surface area (Å²) in [5.41, 5.74) is 1.56. The van der Waals surface area contributed by atoms with E-state index in [1.54, 1.807) is 6.20 Å². The first kappa shape index (κ1) is 14.4. The van der Waals surface area contributed by atoms with Crippen molar-refractivity contribution in [3.05, 3.63) is 24.0 Å². The molecule has 0 radical (unpaired) electrons. The fraction of sp³-hybridized carbons (Fsp3) is 0.647. The SMILES string of the molecule is CCNc1ccnc(C(=O)N2CCCC3CCCCC32)c1. The topological polar surface area (TPSA) is 45.2 Å². The lowest BCUT2D eigenvalue weighted by Gasteiger charge is -2.44. The highest BCUT2D eigenvalue weighted by atomic mass is 16.2. The van der Waals surface area contributed by atoms with Crippen LogP contribution < -0.4 is 5.32 Å². The minimum Gasteiger partial charge on any atom is -0.385 e. The van der Waals surface area contributed by atoms with Gasteiger partial charge in [-0.2, -0.15) is 0 Å². The Balaban J connectivity index is 1.78. The second kappa shape index (κ2) is 6.46. The molecular weight excluding hydrogens is 262 g/mol. The molecule has 1 N–H and O–H groups in total. The van der Waals surface area contributed by atoms with Gasteiger partial charge in [0.25, 0.3) is 5.91 Å². The summed E-state index contributed by atoms with van der Waals surface area (Å²) in [7, 11) is 0. The Morgan fingerprint density at radius 2 is 2.14 bits per heavy atom. The number of hydrogen-bond acceptors (Lipinski definition) is 3. The first-order chi connectivity index (χ1) is 10.3. The summed E-state index contributed by atoms with van der Waals surface area (Å²) < 4.78 is 0. The van der Waals surface area contributed by atoms with E-state index in [0.29, 0.717) is 17.7 Å². The molecule has 1 amide bonds. The zero-order chi connectivity index (χ0) is 14.7. The van der Waals surface area contributed by atoms with Crippen LogP contribution in [0.4, 0.5) is 5.69 Å². The summed E-state index contributed by atoms with van der Waals surface area (Å²) in [5, 5.41) is 3.25. The highest BCUT2D eigenvalue weighted by Crippen LogP contribution is 2.35. The maximum Gasteiger partial charge on any atom is 0.272 e. The van der Waals surface area contributed by atoms with E-state index in [-0.39, 0.29) is 5.91 Å². The highest BCUT2D eigenvalue weighted by Gasteiger charge is 2.36. The fourth-order valence-electron chi connectivity index (χ4n) is 3.89. The molecule has 2 atom stereocenters. The Kier molecular flexibility index (Phi) is 4.42. The van der Waals surface area contributed by atoms with Crippen molar-refractivity contribution in [1.82, 2.24) is 9.88 Å². The highest BCUT2D eigenvalue weighted by molar-refractivity contribution is 5.93. The van der Waals surface area contributed by atoms with Crippen LogP contribution in [0.5, 0.6) is 0 Å². The predicted octanol–water partition coefficient (Wildman–Crippen LogP) is 3.31. The van der Waals surface area contributed by atoms with Gasteiger partial charge in [-0.25, -0.2) is 0 Å². The molecule has 2 aliphatic rings. The van der Waals surface area contributed by atoms with Gasteiger partial charge in [0.05, 0.1) is 0 Å². The van der Waals surface area contributed by atoms with Crippen LogP contribution in [-0.2, 0) is 0 Å². The van der Waals surface area contributed by atoms with Gasteiger partial charge in [-0.15, -0.1) is 0 Å². The average molecular weight is 287 g/mol. The number of anilines is 1. The van der Waals surface area contributed by atoms with Crippen molar-refractivity contribution in [2.24, 2.45) is 5.92 Å².